The Morgan fingerprint density at radius 3 is 2.64 bits per heavy atom. The van der Waals surface area contributed by atoms with Crippen molar-refractivity contribution in [2.24, 2.45) is 5.92 Å². The van der Waals surface area contributed by atoms with E-state index in [1.54, 1.807) is 25.2 Å². The first-order chi connectivity index (χ1) is 13.5. The zero-order valence-electron chi connectivity index (χ0n) is 17.0. The third kappa shape index (κ3) is 4.58. The van der Waals surface area contributed by atoms with E-state index in [1.807, 2.05) is 48.2 Å². The summed E-state index contributed by atoms with van der Waals surface area (Å²) in [6.07, 6.45) is 5.19. The molecule has 2 amide bonds. The topological polar surface area (TPSA) is 53.5 Å². The average Bonchev–Trinajstić information content (AvgIpc) is 2.72. The Morgan fingerprint density at radius 1 is 1.18 bits per heavy atom. The number of piperidine rings is 1. The van der Waals surface area contributed by atoms with Crippen LogP contribution in [-0.2, 0) is 4.79 Å². The molecular formula is C23H29N3O2. The largest absolute Gasteiger partial charge is 0.349 e. The number of aromatic nitrogens is 1. The van der Waals surface area contributed by atoms with Crippen molar-refractivity contribution in [3.63, 3.8) is 0 Å². The van der Waals surface area contributed by atoms with E-state index in [0.29, 0.717) is 24.4 Å². The number of nitrogens with zero attached hydrogens (tertiary/aromatic N) is 3. The van der Waals surface area contributed by atoms with Crippen LogP contribution in [0.3, 0.4) is 0 Å². The Kier molecular flexibility index (Phi) is 6.45. The summed E-state index contributed by atoms with van der Waals surface area (Å²) >= 11 is 0. The third-order valence-corrected chi connectivity index (χ3v) is 5.51. The van der Waals surface area contributed by atoms with Crippen LogP contribution in [0.15, 0.2) is 42.6 Å². The van der Waals surface area contributed by atoms with Crippen molar-refractivity contribution in [3.8, 4) is 11.1 Å². The molecule has 0 N–H and O–H groups in total. The molecule has 2 aromatic rings. The van der Waals surface area contributed by atoms with Gasteiger partial charge < -0.3 is 9.80 Å². The number of carbonyl (C=O) groups excluding carboxylic acids is 2. The first-order valence-corrected chi connectivity index (χ1v) is 9.98. The summed E-state index contributed by atoms with van der Waals surface area (Å²) in [6.45, 7) is 3.37. The van der Waals surface area contributed by atoms with Gasteiger partial charge in [0, 0.05) is 39.8 Å². The van der Waals surface area contributed by atoms with Crippen molar-refractivity contribution >= 4 is 11.8 Å². The van der Waals surface area contributed by atoms with E-state index in [1.165, 1.54) is 0 Å². The fourth-order valence-corrected chi connectivity index (χ4v) is 3.89. The van der Waals surface area contributed by atoms with Crippen LogP contribution in [0.1, 0.15) is 41.7 Å². The molecule has 28 heavy (non-hydrogen) atoms. The summed E-state index contributed by atoms with van der Waals surface area (Å²) in [7, 11) is 3.57. The lowest BCUT2D eigenvalue weighted by Crippen LogP contribution is -2.40. The molecular weight excluding hydrogens is 350 g/mol. The molecule has 0 spiro atoms. The summed E-state index contributed by atoms with van der Waals surface area (Å²) in [6, 6.07) is 11.9. The molecule has 0 aliphatic carbocycles. The lowest BCUT2D eigenvalue weighted by Gasteiger charge is -2.33. The molecule has 3 rings (SSSR count). The summed E-state index contributed by atoms with van der Waals surface area (Å²) in [4.78, 5) is 33.3. The smallest absolute Gasteiger partial charge is 0.256 e. The highest BCUT2D eigenvalue weighted by Crippen LogP contribution is 2.29. The number of rotatable bonds is 5. The zero-order chi connectivity index (χ0) is 20.1. The monoisotopic (exact) mass is 379 g/mol. The van der Waals surface area contributed by atoms with Gasteiger partial charge in [0.1, 0.15) is 0 Å². The second-order valence-electron chi connectivity index (χ2n) is 7.77. The number of benzene rings is 1. The molecule has 1 aromatic heterocycles. The van der Waals surface area contributed by atoms with E-state index in [-0.39, 0.29) is 11.8 Å². The molecule has 1 atom stereocenters. The minimum atomic E-state index is 0.0492. The standard InChI is InChI=1S/C23H29N3O2/c1-17-22(20(13-14-24-17)19-9-5-4-6-10-19)23(28)26-15-7-8-18(16-26)11-12-21(27)25(2)3/h4-6,9-10,13-14,18H,7-8,11-12,15-16H2,1-3H3/t18-/m0/s1. The number of aryl methyl sites for hydroxylation is 1. The number of likely N-dealkylation sites (tertiary alicyclic amines) is 1. The maximum absolute atomic E-state index is 13.4. The van der Waals surface area contributed by atoms with E-state index >= 15 is 0 Å². The second kappa shape index (κ2) is 9.00. The van der Waals surface area contributed by atoms with Crippen LogP contribution in [0, 0.1) is 12.8 Å². The lowest BCUT2D eigenvalue weighted by atomic mass is 9.91. The first-order valence-electron chi connectivity index (χ1n) is 9.98. The molecule has 1 saturated heterocycles. The van der Waals surface area contributed by atoms with Crippen molar-refractivity contribution in [2.75, 3.05) is 27.2 Å². The second-order valence-corrected chi connectivity index (χ2v) is 7.77. The van der Waals surface area contributed by atoms with Crippen LogP contribution in [0.25, 0.3) is 11.1 Å². The minimum absolute atomic E-state index is 0.0492. The van der Waals surface area contributed by atoms with Crippen molar-refractivity contribution in [1.82, 2.24) is 14.8 Å². The van der Waals surface area contributed by atoms with Crippen molar-refractivity contribution < 1.29 is 9.59 Å². The first kappa shape index (κ1) is 20.1. The zero-order valence-corrected chi connectivity index (χ0v) is 17.0. The van der Waals surface area contributed by atoms with E-state index in [4.69, 9.17) is 0 Å². The highest BCUT2D eigenvalue weighted by Gasteiger charge is 2.27. The molecule has 2 heterocycles. The number of pyridine rings is 1. The normalized spacial score (nSPS) is 16.7. The van der Waals surface area contributed by atoms with Crippen molar-refractivity contribution in [2.45, 2.75) is 32.6 Å². The molecule has 1 aromatic carbocycles. The third-order valence-electron chi connectivity index (χ3n) is 5.51. The van der Waals surface area contributed by atoms with Crippen molar-refractivity contribution in [1.29, 1.82) is 0 Å². The quantitative estimate of drug-likeness (QED) is 0.794. The maximum Gasteiger partial charge on any atom is 0.256 e. The van der Waals surface area contributed by atoms with E-state index in [2.05, 4.69) is 4.98 Å². The van der Waals surface area contributed by atoms with Gasteiger partial charge in [0.2, 0.25) is 5.91 Å². The van der Waals surface area contributed by atoms with Gasteiger partial charge in [-0.05, 0) is 49.3 Å². The highest BCUT2D eigenvalue weighted by atomic mass is 16.2. The van der Waals surface area contributed by atoms with Crippen LogP contribution in [0.2, 0.25) is 0 Å². The predicted octanol–water partition coefficient (Wildman–Crippen LogP) is 3.78. The van der Waals surface area contributed by atoms with Crippen LogP contribution < -0.4 is 0 Å². The van der Waals surface area contributed by atoms with E-state index in [0.717, 1.165) is 42.6 Å². The molecule has 0 bridgehead atoms. The summed E-state index contributed by atoms with van der Waals surface area (Å²) in [5.74, 6) is 0.574. The van der Waals surface area contributed by atoms with Gasteiger partial charge >= 0.3 is 0 Å². The van der Waals surface area contributed by atoms with Gasteiger partial charge in [-0.3, -0.25) is 14.6 Å². The molecule has 5 nitrogen and oxygen atoms in total. The number of hydrogen-bond acceptors (Lipinski definition) is 3. The fourth-order valence-electron chi connectivity index (χ4n) is 3.89. The Morgan fingerprint density at radius 2 is 1.93 bits per heavy atom. The van der Waals surface area contributed by atoms with Gasteiger partial charge in [0.25, 0.3) is 5.91 Å². The SMILES string of the molecule is Cc1nccc(-c2ccccc2)c1C(=O)N1CCC[C@@H](CCC(=O)N(C)C)C1. The fraction of sp³-hybridized carbons (Fsp3) is 0.435. The van der Waals surface area contributed by atoms with Gasteiger partial charge in [-0.15, -0.1) is 0 Å². The van der Waals surface area contributed by atoms with Gasteiger partial charge in [0.15, 0.2) is 0 Å². The number of hydrogen-bond donors (Lipinski definition) is 0. The molecule has 148 valence electrons. The summed E-state index contributed by atoms with van der Waals surface area (Å²) in [5.41, 5.74) is 3.42. The van der Waals surface area contributed by atoms with Crippen LogP contribution in [0.5, 0.6) is 0 Å². The van der Waals surface area contributed by atoms with Gasteiger partial charge in [-0.2, -0.15) is 0 Å². The Bertz CT molecular complexity index is 833. The van der Waals surface area contributed by atoms with Crippen LogP contribution in [0.4, 0.5) is 0 Å². The number of amides is 2. The van der Waals surface area contributed by atoms with Gasteiger partial charge in [-0.25, -0.2) is 0 Å². The molecule has 5 heteroatoms. The Labute approximate surface area is 167 Å². The predicted molar refractivity (Wildman–Crippen MR) is 111 cm³/mol. The molecule has 0 saturated carbocycles. The molecule has 1 fully saturated rings. The van der Waals surface area contributed by atoms with E-state index < -0.39 is 0 Å². The highest BCUT2D eigenvalue weighted by molar-refractivity contribution is 6.01. The summed E-state index contributed by atoms with van der Waals surface area (Å²) in [5, 5.41) is 0. The average molecular weight is 380 g/mol. The Balaban J connectivity index is 1.78. The van der Waals surface area contributed by atoms with Crippen LogP contribution in [-0.4, -0.2) is 53.8 Å². The summed E-state index contributed by atoms with van der Waals surface area (Å²) < 4.78 is 0. The maximum atomic E-state index is 13.4. The number of carbonyl (C=O) groups is 2. The minimum Gasteiger partial charge on any atom is -0.349 e. The molecule has 1 aliphatic heterocycles. The molecule has 1 aliphatic rings. The van der Waals surface area contributed by atoms with Gasteiger partial charge in [-0.1, -0.05) is 30.3 Å². The molecule has 0 unspecified atom stereocenters. The Hall–Kier alpha value is -2.69. The van der Waals surface area contributed by atoms with Crippen molar-refractivity contribution in [3.05, 3.63) is 53.9 Å². The van der Waals surface area contributed by atoms with Gasteiger partial charge in [0.05, 0.1) is 11.3 Å². The van der Waals surface area contributed by atoms with E-state index in [9.17, 15) is 9.59 Å². The lowest BCUT2D eigenvalue weighted by molar-refractivity contribution is -0.129. The van der Waals surface area contributed by atoms with Crippen LogP contribution >= 0.6 is 0 Å². The molecule has 0 radical (unpaired) electrons.